The molecule has 0 fully saturated rings. The lowest BCUT2D eigenvalue weighted by Gasteiger charge is -1.91. The molecule has 0 N–H and O–H groups in total. The Hall–Kier alpha value is -1.52. The van der Waals surface area contributed by atoms with Gasteiger partial charge in [0.05, 0.1) is 13.7 Å². The van der Waals surface area contributed by atoms with E-state index in [2.05, 4.69) is 14.8 Å². The van der Waals surface area contributed by atoms with Gasteiger partial charge < -0.3 is 4.74 Å². The van der Waals surface area contributed by atoms with Crippen LogP contribution in [-0.4, -0.2) is 13.1 Å². The van der Waals surface area contributed by atoms with Gasteiger partial charge in [-0.05, 0) is 17.7 Å². The molecule has 0 aliphatic heterocycles. The molecule has 0 aliphatic carbocycles. The summed E-state index contributed by atoms with van der Waals surface area (Å²) in [6.45, 7) is 0.276. The van der Waals surface area contributed by atoms with Gasteiger partial charge in [-0.3, -0.25) is 0 Å². The Bertz CT molecular complexity index is 354. The zero-order valence-corrected chi connectivity index (χ0v) is 7.74. The molecular weight excluding hydrogens is 190 g/mol. The minimum Gasteiger partial charge on any atom is -0.465 e. The van der Waals surface area contributed by atoms with E-state index in [1.807, 2.05) is 0 Å². The van der Waals surface area contributed by atoms with Crippen LogP contribution in [0.4, 0.5) is 0 Å². The summed E-state index contributed by atoms with van der Waals surface area (Å²) < 4.78 is 4.52. The van der Waals surface area contributed by atoms with E-state index >= 15 is 0 Å². The number of carbonyl (C=O) groups excluding carboxylic acids is 1. The summed E-state index contributed by atoms with van der Waals surface area (Å²) in [5, 5.41) is 3.38. The van der Waals surface area contributed by atoms with E-state index in [1.165, 1.54) is 18.4 Å². The van der Waals surface area contributed by atoms with Gasteiger partial charge in [-0.1, -0.05) is 5.11 Å². The van der Waals surface area contributed by atoms with Crippen LogP contribution in [0.3, 0.4) is 0 Å². The highest BCUT2D eigenvalue weighted by Gasteiger charge is 2.07. The molecule has 0 saturated heterocycles. The second-order valence-corrected chi connectivity index (χ2v) is 3.31. The molecule has 0 aliphatic rings. The number of thiophene rings is 1. The fourth-order valence-electron chi connectivity index (χ4n) is 0.775. The monoisotopic (exact) mass is 197 g/mol. The number of hydrogen-bond donors (Lipinski definition) is 0. The first-order chi connectivity index (χ1) is 6.27. The summed E-state index contributed by atoms with van der Waals surface area (Å²) in [5.74, 6) is -0.364. The van der Waals surface area contributed by atoms with Crippen molar-refractivity contribution in [2.75, 3.05) is 7.11 Å². The van der Waals surface area contributed by atoms with E-state index in [9.17, 15) is 4.79 Å². The van der Waals surface area contributed by atoms with Crippen molar-refractivity contribution in [1.29, 1.82) is 0 Å². The van der Waals surface area contributed by atoms with Crippen molar-refractivity contribution in [2.24, 2.45) is 5.11 Å². The smallest absolute Gasteiger partial charge is 0.348 e. The summed E-state index contributed by atoms with van der Waals surface area (Å²) in [7, 11) is 1.33. The molecule has 13 heavy (non-hydrogen) atoms. The average molecular weight is 197 g/mol. The Morgan fingerprint density at radius 2 is 2.54 bits per heavy atom. The zero-order chi connectivity index (χ0) is 9.68. The van der Waals surface area contributed by atoms with Crippen LogP contribution in [-0.2, 0) is 11.3 Å². The molecule has 0 unspecified atom stereocenters. The minimum absolute atomic E-state index is 0.276. The maximum Gasteiger partial charge on any atom is 0.348 e. The summed E-state index contributed by atoms with van der Waals surface area (Å²) in [6, 6.07) is 3.39. The van der Waals surface area contributed by atoms with Crippen molar-refractivity contribution < 1.29 is 9.53 Å². The Labute approximate surface area is 78.6 Å². The number of ether oxygens (including phenoxy) is 1. The van der Waals surface area contributed by atoms with Gasteiger partial charge >= 0.3 is 5.97 Å². The maximum absolute atomic E-state index is 11.0. The second-order valence-electron chi connectivity index (χ2n) is 2.15. The number of methoxy groups -OCH3 is 1. The largest absolute Gasteiger partial charge is 0.465 e. The molecule has 1 heterocycles. The van der Waals surface area contributed by atoms with Crippen molar-refractivity contribution in [1.82, 2.24) is 0 Å². The third kappa shape index (κ3) is 2.47. The first-order valence-electron chi connectivity index (χ1n) is 3.46. The standard InChI is InChI=1S/C7H7N3O2S/c1-12-7(11)6-3-2-5(13-6)4-9-10-8/h2-3H,4H2,1H3. The van der Waals surface area contributed by atoms with E-state index < -0.39 is 0 Å². The summed E-state index contributed by atoms with van der Waals surface area (Å²) >= 11 is 1.27. The molecule has 0 atom stereocenters. The minimum atomic E-state index is -0.364. The first-order valence-corrected chi connectivity index (χ1v) is 4.27. The molecule has 0 saturated carbocycles. The van der Waals surface area contributed by atoms with Gasteiger partial charge in [0.1, 0.15) is 4.88 Å². The van der Waals surface area contributed by atoms with E-state index in [-0.39, 0.29) is 12.5 Å². The van der Waals surface area contributed by atoms with Crippen molar-refractivity contribution in [3.63, 3.8) is 0 Å². The first kappa shape index (κ1) is 9.57. The van der Waals surface area contributed by atoms with Crippen molar-refractivity contribution in [3.8, 4) is 0 Å². The van der Waals surface area contributed by atoms with Crippen LogP contribution >= 0.6 is 11.3 Å². The lowest BCUT2D eigenvalue weighted by molar-refractivity contribution is 0.0606. The van der Waals surface area contributed by atoms with Crippen molar-refractivity contribution in [2.45, 2.75) is 6.54 Å². The SMILES string of the molecule is COC(=O)c1ccc(CN=[N+]=[N-])s1. The van der Waals surface area contributed by atoms with Gasteiger partial charge in [-0.15, -0.1) is 11.3 Å². The van der Waals surface area contributed by atoms with Crippen LogP contribution in [0, 0.1) is 0 Å². The molecule has 1 aromatic heterocycles. The Morgan fingerprint density at radius 3 is 3.15 bits per heavy atom. The molecule has 0 bridgehead atoms. The molecular formula is C7H7N3O2S. The van der Waals surface area contributed by atoms with E-state index in [0.29, 0.717) is 4.88 Å². The number of azide groups is 1. The van der Waals surface area contributed by atoms with Crippen LogP contribution in [0.5, 0.6) is 0 Å². The number of carbonyl (C=O) groups is 1. The molecule has 1 aromatic rings. The number of hydrogen-bond acceptors (Lipinski definition) is 4. The predicted molar refractivity (Wildman–Crippen MR) is 48.5 cm³/mol. The Balaban J connectivity index is 2.74. The highest BCUT2D eigenvalue weighted by atomic mass is 32.1. The molecule has 0 amide bonds. The molecule has 1 rings (SSSR count). The van der Waals surface area contributed by atoms with Gasteiger partial charge in [-0.25, -0.2) is 4.79 Å². The zero-order valence-electron chi connectivity index (χ0n) is 6.93. The molecule has 0 radical (unpaired) electrons. The lowest BCUT2D eigenvalue weighted by atomic mass is 10.4. The third-order valence-corrected chi connectivity index (χ3v) is 2.39. The van der Waals surface area contributed by atoms with Gasteiger partial charge in [-0.2, -0.15) is 0 Å². The van der Waals surface area contributed by atoms with Gasteiger partial charge in [0.2, 0.25) is 0 Å². The van der Waals surface area contributed by atoms with E-state index in [1.54, 1.807) is 12.1 Å². The summed E-state index contributed by atoms with van der Waals surface area (Å²) in [6.07, 6.45) is 0. The molecule has 6 heteroatoms. The van der Waals surface area contributed by atoms with E-state index in [4.69, 9.17) is 5.53 Å². The van der Waals surface area contributed by atoms with Gasteiger partial charge in [0.15, 0.2) is 0 Å². The van der Waals surface area contributed by atoms with Crippen LogP contribution in [0.25, 0.3) is 10.4 Å². The number of nitrogens with zero attached hydrogens (tertiary/aromatic N) is 3. The third-order valence-electron chi connectivity index (χ3n) is 1.34. The van der Waals surface area contributed by atoms with Crippen molar-refractivity contribution in [3.05, 3.63) is 32.3 Å². The maximum atomic E-state index is 11.0. The molecule has 68 valence electrons. The lowest BCUT2D eigenvalue weighted by Crippen LogP contribution is -1.96. The fraction of sp³-hybridized carbons (Fsp3) is 0.286. The summed E-state index contributed by atoms with van der Waals surface area (Å²) in [4.78, 5) is 15.0. The van der Waals surface area contributed by atoms with Crippen LogP contribution in [0.1, 0.15) is 14.5 Å². The number of esters is 1. The Kier molecular flexibility index (Phi) is 3.31. The molecule has 0 spiro atoms. The fourth-order valence-corrected chi connectivity index (χ4v) is 1.62. The highest BCUT2D eigenvalue weighted by Crippen LogP contribution is 2.17. The predicted octanol–water partition coefficient (Wildman–Crippen LogP) is 2.35. The molecule has 0 aromatic carbocycles. The Morgan fingerprint density at radius 1 is 1.77 bits per heavy atom. The van der Waals surface area contributed by atoms with Gasteiger partial charge in [0, 0.05) is 9.79 Å². The van der Waals surface area contributed by atoms with Crippen molar-refractivity contribution >= 4 is 17.3 Å². The number of rotatable bonds is 3. The quantitative estimate of drug-likeness (QED) is 0.323. The van der Waals surface area contributed by atoms with E-state index in [0.717, 1.165) is 4.88 Å². The van der Waals surface area contributed by atoms with Crippen LogP contribution in [0.2, 0.25) is 0 Å². The van der Waals surface area contributed by atoms with Crippen LogP contribution in [0.15, 0.2) is 17.2 Å². The topological polar surface area (TPSA) is 75.1 Å². The van der Waals surface area contributed by atoms with Gasteiger partial charge in [0.25, 0.3) is 0 Å². The summed E-state index contributed by atoms with van der Waals surface area (Å²) in [5.41, 5.74) is 8.06. The molecule has 5 nitrogen and oxygen atoms in total. The second kappa shape index (κ2) is 4.49. The highest BCUT2D eigenvalue weighted by molar-refractivity contribution is 7.13. The normalized spacial score (nSPS) is 9.00. The average Bonchev–Trinajstić information content (AvgIpc) is 2.62. The van der Waals surface area contributed by atoms with Crippen LogP contribution < -0.4 is 0 Å².